The predicted molar refractivity (Wildman–Crippen MR) is 63.8 cm³/mol. The maximum absolute atomic E-state index is 11.2. The van der Waals surface area contributed by atoms with Crippen LogP contribution in [0.4, 0.5) is 0 Å². The summed E-state index contributed by atoms with van der Waals surface area (Å²) in [5.74, 6) is -1.19. The molecule has 5 heteroatoms. The van der Waals surface area contributed by atoms with Gasteiger partial charge in [0.1, 0.15) is 11.7 Å². The van der Waals surface area contributed by atoms with E-state index in [1.807, 2.05) is 6.07 Å². The lowest BCUT2D eigenvalue weighted by atomic mass is 9.98. The zero-order chi connectivity index (χ0) is 13.0. The molecule has 1 atom stereocenters. The summed E-state index contributed by atoms with van der Waals surface area (Å²) >= 11 is 0. The van der Waals surface area contributed by atoms with Crippen LogP contribution in [-0.4, -0.2) is 21.0 Å². The SMILES string of the molecule is N#Cc1ccc(CC(C(=O)O)c2ncc[nH]2)cc1. The molecule has 0 fully saturated rings. The van der Waals surface area contributed by atoms with E-state index in [1.165, 1.54) is 6.20 Å². The minimum Gasteiger partial charge on any atom is -0.481 e. The van der Waals surface area contributed by atoms with E-state index in [0.29, 0.717) is 17.8 Å². The Labute approximate surface area is 104 Å². The number of nitrogens with zero attached hydrogens (tertiary/aromatic N) is 2. The van der Waals surface area contributed by atoms with Crippen LogP contribution in [-0.2, 0) is 11.2 Å². The molecule has 0 aliphatic carbocycles. The molecular weight excluding hydrogens is 230 g/mol. The van der Waals surface area contributed by atoms with Gasteiger partial charge in [0.25, 0.3) is 0 Å². The Kier molecular flexibility index (Phi) is 3.39. The first-order valence-electron chi connectivity index (χ1n) is 5.42. The maximum atomic E-state index is 11.2. The number of aliphatic carboxylic acids is 1. The molecule has 0 spiro atoms. The summed E-state index contributed by atoms with van der Waals surface area (Å²) in [5, 5.41) is 17.9. The molecule has 1 heterocycles. The fourth-order valence-electron chi connectivity index (χ4n) is 1.72. The third-order valence-electron chi connectivity index (χ3n) is 2.67. The summed E-state index contributed by atoms with van der Waals surface area (Å²) in [4.78, 5) is 18.0. The monoisotopic (exact) mass is 241 g/mol. The second-order valence-electron chi connectivity index (χ2n) is 3.88. The second kappa shape index (κ2) is 5.15. The van der Waals surface area contributed by atoms with Gasteiger partial charge in [-0.25, -0.2) is 4.98 Å². The van der Waals surface area contributed by atoms with Gasteiger partial charge in [-0.2, -0.15) is 5.26 Å². The van der Waals surface area contributed by atoms with Gasteiger partial charge in [-0.1, -0.05) is 12.1 Å². The van der Waals surface area contributed by atoms with E-state index >= 15 is 0 Å². The van der Waals surface area contributed by atoms with Crippen molar-refractivity contribution in [3.8, 4) is 6.07 Å². The molecule has 2 rings (SSSR count). The van der Waals surface area contributed by atoms with Gasteiger partial charge in [0.05, 0.1) is 11.6 Å². The van der Waals surface area contributed by atoms with Crippen molar-refractivity contribution in [3.05, 3.63) is 53.6 Å². The molecule has 90 valence electrons. The first-order valence-corrected chi connectivity index (χ1v) is 5.42. The summed E-state index contributed by atoms with van der Waals surface area (Å²) < 4.78 is 0. The lowest BCUT2D eigenvalue weighted by Crippen LogP contribution is -2.15. The lowest BCUT2D eigenvalue weighted by Gasteiger charge is -2.09. The largest absolute Gasteiger partial charge is 0.481 e. The normalized spacial score (nSPS) is 11.7. The van der Waals surface area contributed by atoms with Crippen LogP contribution in [0.15, 0.2) is 36.7 Å². The van der Waals surface area contributed by atoms with Gasteiger partial charge in [0.2, 0.25) is 0 Å². The van der Waals surface area contributed by atoms with Crippen molar-refractivity contribution in [3.63, 3.8) is 0 Å². The molecule has 0 saturated heterocycles. The number of aromatic nitrogens is 2. The Morgan fingerprint density at radius 3 is 2.67 bits per heavy atom. The molecule has 18 heavy (non-hydrogen) atoms. The molecule has 1 aromatic carbocycles. The summed E-state index contributed by atoms with van der Waals surface area (Å²) in [6, 6.07) is 8.90. The molecule has 0 aliphatic rings. The van der Waals surface area contributed by atoms with Gasteiger partial charge in [-0.3, -0.25) is 4.79 Å². The van der Waals surface area contributed by atoms with Crippen molar-refractivity contribution < 1.29 is 9.90 Å². The van der Waals surface area contributed by atoms with Crippen LogP contribution in [0.2, 0.25) is 0 Å². The number of aromatic amines is 1. The number of imidazole rings is 1. The van der Waals surface area contributed by atoms with Gasteiger partial charge in [-0.15, -0.1) is 0 Å². The highest BCUT2D eigenvalue weighted by atomic mass is 16.4. The highest BCUT2D eigenvalue weighted by molar-refractivity contribution is 5.75. The number of carbonyl (C=O) groups is 1. The number of H-pyrrole nitrogens is 1. The number of nitriles is 1. The van der Waals surface area contributed by atoms with E-state index < -0.39 is 11.9 Å². The number of benzene rings is 1. The smallest absolute Gasteiger partial charge is 0.314 e. The van der Waals surface area contributed by atoms with Gasteiger partial charge < -0.3 is 10.1 Å². The molecule has 1 aromatic heterocycles. The number of carboxylic acid groups (broad SMARTS) is 1. The van der Waals surface area contributed by atoms with Gasteiger partial charge in [0.15, 0.2) is 0 Å². The number of carboxylic acids is 1. The summed E-state index contributed by atoms with van der Waals surface area (Å²) in [5.41, 5.74) is 1.42. The average Bonchev–Trinajstić information content (AvgIpc) is 2.90. The van der Waals surface area contributed by atoms with Crippen molar-refractivity contribution in [2.45, 2.75) is 12.3 Å². The highest BCUT2D eigenvalue weighted by Gasteiger charge is 2.22. The van der Waals surface area contributed by atoms with E-state index in [4.69, 9.17) is 5.26 Å². The Morgan fingerprint density at radius 2 is 2.17 bits per heavy atom. The molecule has 1 unspecified atom stereocenters. The molecule has 5 nitrogen and oxygen atoms in total. The van der Waals surface area contributed by atoms with Gasteiger partial charge >= 0.3 is 5.97 Å². The van der Waals surface area contributed by atoms with Crippen molar-refractivity contribution >= 4 is 5.97 Å². The van der Waals surface area contributed by atoms with Crippen LogP contribution < -0.4 is 0 Å². The van der Waals surface area contributed by atoms with Gasteiger partial charge in [-0.05, 0) is 24.1 Å². The van der Waals surface area contributed by atoms with Gasteiger partial charge in [0, 0.05) is 12.4 Å². The standard InChI is InChI=1S/C13H11N3O2/c14-8-10-3-1-9(2-4-10)7-11(13(17)18)12-15-5-6-16-12/h1-6,11H,7H2,(H,15,16)(H,17,18). The predicted octanol–water partition coefficient (Wildman–Crippen LogP) is 1.69. The molecule has 0 radical (unpaired) electrons. The summed E-state index contributed by atoms with van der Waals surface area (Å²) in [6.45, 7) is 0. The van der Waals surface area contributed by atoms with E-state index in [2.05, 4.69) is 9.97 Å². The summed E-state index contributed by atoms with van der Waals surface area (Å²) in [6.07, 6.45) is 3.47. The topological polar surface area (TPSA) is 89.8 Å². The number of hydrogen-bond acceptors (Lipinski definition) is 3. The quantitative estimate of drug-likeness (QED) is 0.852. The number of nitrogens with one attached hydrogen (secondary N) is 1. The van der Waals surface area contributed by atoms with Crippen molar-refractivity contribution in [1.82, 2.24) is 9.97 Å². The maximum Gasteiger partial charge on any atom is 0.314 e. The Hall–Kier alpha value is -2.61. The second-order valence-corrected chi connectivity index (χ2v) is 3.88. The van der Waals surface area contributed by atoms with Crippen LogP contribution in [0.1, 0.15) is 22.9 Å². The number of hydrogen-bond donors (Lipinski definition) is 2. The summed E-state index contributed by atoms with van der Waals surface area (Å²) in [7, 11) is 0. The molecule has 0 saturated carbocycles. The fraction of sp³-hybridized carbons (Fsp3) is 0.154. The van der Waals surface area contributed by atoms with E-state index in [1.54, 1.807) is 30.5 Å². The Balaban J connectivity index is 2.19. The number of rotatable bonds is 4. The first kappa shape index (κ1) is 11.9. The highest BCUT2D eigenvalue weighted by Crippen LogP contribution is 2.18. The molecule has 2 aromatic rings. The Morgan fingerprint density at radius 1 is 1.44 bits per heavy atom. The van der Waals surface area contributed by atoms with E-state index in [0.717, 1.165) is 5.56 Å². The molecule has 0 bridgehead atoms. The average molecular weight is 241 g/mol. The Bertz CT molecular complexity index is 567. The van der Waals surface area contributed by atoms with E-state index in [9.17, 15) is 9.90 Å². The molecule has 0 amide bonds. The van der Waals surface area contributed by atoms with Crippen LogP contribution in [0.5, 0.6) is 0 Å². The minimum absolute atomic E-state index is 0.342. The lowest BCUT2D eigenvalue weighted by molar-refractivity contribution is -0.138. The first-order chi connectivity index (χ1) is 8.70. The van der Waals surface area contributed by atoms with Crippen molar-refractivity contribution in [2.75, 3.05) is 0 Å². The van der Waals surface area contributed by atoms with Crippen LogP contribution in [0, 0.1) is 11.3 Å². The van der Waals surface area contributed by atoms with Crippen LogP contribution in [0.3, 0.4) is 0 Å². The van der Waals surface area contributed by atoms with Crippen molar-refractivity contribution in [2.24, 2.45) is 0 Å². The third kappa shape index (κ3) is 2.55. The molecule has 2 N–H and O–H groups in total. The van der Waals surface area contributed by atoms with Crippen molar-refractivity contribution in [1.29, 1.82) is 5.26 Å². The third-order valence-corrected chi connectivity index (χ3v) is 2.67. The molecule has 0 aliphatic heterocycles. The fourth-order valence-corrected chi connectivity index (χ4v) is 1.72. The minimum atomic E-state index is -0.922. The van der Waals surface area contributed by atoms with Crippen LogP contribution in [0.25, 0.3) is 0 Å². The van der Waals surface area contributed by atoms with Crippen LogP contribution >= 0.6 is 0 Å². The molecular formula is C13H11N3O2. The zero-order valence-corrected chi connectivity index (χ0v) is 9.50. The zero-order valence-electron chi connectivity index (χ0n) is 9.50. The van der Waals surface area contributed by atoms with E-state index in [-0.39, 0.29) is 0 Å².